The fourth-order valence-electron chi connectivity index (χ4n) is 1.66. The third kappa shape index (κ3) is 2.79. The average molecular weight is 217 g/mol. The average Bonchev–Trinajstić information content (AvgIpc) is 2.01. The summed E-state index contributed by atoms with van der Waals surface area (Å²) in [5.41, 5.74) is 0. The topological polar surface area (TPSA) is 21.7 Å². The second kappa shape index (κ2) is 4.31. The van der Waals surface area contributed by atoms with Gasteiger partial charge in [0.15, 0.2) is 0 Å². The van der Waals surface area contributed by atoms with Crippen molar-refractivity contribution in [1.29, 1.82) is 0 Å². The first-order valence-corrected chi connectivity index (χ1v) is 8.22. The molecule has 1 heterocycles. The summed E-state index contributed by atoms with van der Waals surface area (Å²) in [5.74, 6) is 0.521. The Morgan fingerprint density at radius 3 is 2.21 bits per heavy atom. The van der Waals surface area contributed by atoms with Gasteiger partial charge in [-0.2, -0.15) is 0 Å². The van der Waals surface area contributed by atoms with E-state index < -0.39 is 8.56 Å². The molecule has 84 valence electrons. The molecule has 0 bridgehead atoms. The van der Waals surface area contributed by atoms with Crippen molar-refractivity contribution in [2.24, 2.45) is 5.92 Å². The monoisotopic (exact) mass is 217 g/mol. The molecule has 0 spiro atoms. The number of hydrogen-bond donors (Lipinski definition) is 0. The molecule has 0 aliphatic carbocycles. The van der Waals surface area contributed by atoms with Gasteiger partial charge in [-0.25, -0.2) is 0 Å². The molecular weight excluding hydrogens is 194 g/mol. The second-order valence-electron chi connectivity index (χ2n) is 5.03. The molecule has 1 saturated heterocycles. The van der Waals surface area contributed by atoms with Gasteiger partial charge >= 0.3 is 8.56 Å². The molecule has 4 heteroatoms. The van der Waals surface area contributed by atoms with E-state index in [2.05, 4.69) is 45.7 Å². The van der Waals surface area contributed by atoms with Gasteiger partial charge in [-0.3, -0.25) is 4.90 Å². The Morgan fingerprint density at radius 2 is 1.79 bits per heavy atom. The van der Waals surface area contributed by atoms with Gasteiger partial charge in [0.25, 0.3) is 0 Å². The van der Waals surface area contributed by atoms with E-state index in [1.54, 1.807) is 0 Å². The highest BCUT2D eigenvalue weighted by molar-refractivity contribution is 6.64. The van der Waals surface area contributed by atoms with Crippen molar-refractivity contribution >= 4 is 8.56 Å². The lowest BCUT2D eigenvalue weighted by molar-refractivity contribution is -0.128. The second-order valence-corrected chi connectivity index (χ2v) is 8.36. The van der Waals surface area contributed by atoms with E-state index in [4.69, 9.17) is 8.85 Å². The van der Waals surface area contributed by atoms with Gasteiger partial charge in [-0.05, 0) is 32.9 Å². The van der Waals surface area contributed by atoms with Crippen molar-refractivity contribution in [3.63, 3.8) is 0 Å². The van der Waals surface area contributed by atoms with Gasteiger partial charge in [0, 0.05) is 6.04 Å². The number of nitrogens with zero attached hydrogens (tertiary/aromatic N) is 1. The van der Waals surface area contributed by atoms with Crippen molar-refractivity contribution in [2.45, 2.75) is 53.1 Å². The molecule has 0 radical (unpaired) electrons. The summed E-state index contributed by atoms with van der Waals surface area (Å²) in [7, 11) is -1.85. The summed E-state index contributed by atoms with van der Waals surface area (Å²) < 4.78 is 11.8. The summed E-state index contributed by atoms with van der Waals surface area (Å²) in [6.45, 7) is 13.7. The third-order valence-electron chi connectivity index (χ3n) is 2.53. The Labute approximate surface area is 88.6 Å². The van der Waals surface area contributed by atoms with Crippen LogP contribution in [0, 0.1) is 5.92 Å². The highest BCUT2D eigenvalue weighted by Crippen LogP contribution is 2.25. The quantitative estimate of drug-likeness (QED) is 0.663. The maximum absolute atomic E-state index is 6.05. The molecule has 1 unspecified atom stereocenters. The Kier molecular flexibility index (Phi) is 3.74. The lowest BCUT2D eigenvalue weighted by Gasteiger charge is -2.46. The molecule has 0 aromatic heterocycles. The maximum atomic E-state index is 6.05. The summed E-state index contributed by atoms with van der Waals surface area (Å²) in [6, 6.07) is 0.479. The van der Waals surface area contributed by atoms with Crippen LogP contribution in [0.4, 0.5) is 0 Å². The van der Waals surface area contributed by atoms with Gasteiger partial charge in [-0.15, -0.1) is 0 Å². The van der Waals surface area contributed by atoms with Crippen LogP contribution >= 0.6 is 0 Å². The van der Waals surface area contributed by atoms with Crippen LogP contribution < -0.4 is 0 Å². The Bertz CT molecular complexity index is 195. The predicted molar refractivity (Wildman–Crippen MR) is 60.1 cm³/mol. The zero-order chi connectivity index (χ0) is 10.9. The minimum absolute atomic E-state index is 0.227. The predicted octanol–water partition coefficient (Wildman–Crippen LogP) is 2.39. The molecule has 1 rings (SSSR count). The molecule has 0 N–H and O–H groups in total. The summed E-state index contributed by atoms with van der Waals surface area (Å²) >= 11 is 0. The van der Waals surface area contributed by atoms with E-state index in [-0.39, 0.29) is 6.23 Å². The van der Waals surface area contributed by atoms with E-state index in [1.807, 2.05) is 0 Å². The highest BCUT2D eigenvalue weighted by atomic mass is 28.4. The van der Waals surface area contributed by atoms with Gasteiger partial charge in [-0.1, -0.05) is 13.8 Å². The van der Waals surface area contributed by atoms with Crippen molar-refractivity contribution in [3.8, 4) is 0 Å². The van der Waals surface area contributed by atoms with E-state index >= 15 is 0 Å². The van der Waals surface area contributed by atoms with Gasteiger partial charge < -0.3 is 8.85 Å². The van der Waals surface area contributed by atoms with Crippen molar-refractivity contribution in [1.82, 2.24) is 4.90 Å². The largest absolute Gasteiger partial charge is 0.381 e. The van der Waals surface area contributed by atoms with Crippen molar-refractivity contribution in [2.75, 3.05) is 6.73 Å². The third-order valence-corrected chi connectivity index (χ3v) is 4.16. The van der Waals surface area contributed by atoms with Crippen LogP contribution in [0.5, 0.6) is 0 Å². The first kappa shape index (κ1) is 12.2. The fourth-order valence-corrected chi connectivity index (χ4v) is 3.18. The summed E-state index contributed by atoms with van der Waals surface area (Å²) in [6.07, 6.45) is 0.227. The molecule has 3 nitrogen and oxygen atoms in total. The Balaban J connectivity index is 2.71. The highest BCUT2D eigenvalue weighted by Gasteiger charge is 2.39. The zero-order valence-electron chi connectivity index (χ0n) is 10.2. The Morgan fingerprint density at radius 1 is 1.21 bits per heavy atom. The van der Waals surface area contributed by atoms with Crippen LogP contribution in [0.25, 0.3) is 0 Å². The molecule has 0 aromatic rings. The SMILES string of the molecule is CC(C)C1O[Si](C)(C)OCN1C(C)C. The molecule has 1 aliphatic heterocycles. The lowest BCUT2D eigenvalue weighted by Crippen LogP contribution is -2.58. The molecule has 14 heavy (non-hydrogen) atoms. The van der Waals surface area contributed by atoms with Crippen LogP contribution in [0.3, 0.4) is 0 Å². The van der Waals surface area contributed by atoms with Crippen LogP contribution in [0.2, 0.25) is 13.1 Å². The normalized spacial score (nSPS) is 28.7. The molecule has 1 atom stereocenters. The van der Waals surface area contributed by atoms with Crippen LogP contribution in [0.15, 0.2) is 0 Å². The van der Waals surface area contributed by atoms with Gasteiger partial charge in [0.1, 0.15) is 6.23 Å². The summed E-state index contributed by atoms with van der Waals surface area (Å²) in [5, 5.41) is 0. The molecule has 1 aliphatic rings. The molecule has 0 amide bonds. The molecule has 1 fully saturated rings. The smallest absolute Gasteiger partial charge is 0.333 e. The van der Waals surface area contributed by atoms with E-state index in [0.717, 1.165) is 6.73 Å². The number of rotatable bonds is 2. The number of hydrogen-bond acceptors (Lipinski definition) is 3. The van der Waals surface area contributed by atoms with Gasteiger partial charge in [0.05, 0.1) is 6.73 Å². The standard InChI is InChI=1S/C10H23NO2Si/c1-8(2)10-11(9(3)4)7-12-14(5,6)13-10/h8-10H,7H2,1-6H3. The van der Waals surface area contributed by atoms with E-state index in [9.17, 15) is 0 Å². The molecule has 0 aromatic carbocycles. The fraction of sp³-hybridized carbons (Fsp3) is 1.00. The van der Waals surface area contributed by atoms with E-state index in [0.29, 0.717) is 12.0 Å². The van der Waals surface area contributed by atoms with Crippen molar-refractivity contribution in [3.05, 3.63) is 0 Å². The molecule has 0 saturated carbocycles. The van der Waals surface area contributed by atoms with Crippen molar-refractivity contribution < 1.29 is 8.85 Å². The summed E-state index contributed by atoms with van der Waals surface area (Å²) in [4.78, 5) is 2.28. The molecular formula is C10H23NO2Si. The first-order chi connectivity index (χ1) is 6.33. The first-order valence-electron chi connectivity index (χ1n) is 5.41. The minimum atomic E-state index is -1.85. The Hall–Kier alpha value is 0.0969. The van der Waals surface area contributed by atoms with E-state index in [1.165, 1.54) is 0 Å². The zero-order valence-corrected chi connectivity index (χ0v) is 11.2. The lowest BCUT2D eigenvalue weighted by atomic mass is 10.1. The van der Waals surface area contributed by atoms with Crippen LogP contribution in [0.1, 0.15) is 27.7 Å². The van der Waals surface area contributed by atoms with Crippen LogP contribution in [-0.4, -0.2) is 32.5 Å². The van der Waals surface area contributed by atoms with Crippen LogP contribution in [-0.2, 0) is 8.85 Å². The van der Waals surface area contributed by atoms with Gasteiger partial charge in [0.2, 0.25) is 0 Å². The maximum Gasteiger partial charge on any atom is 0.333 e. The minimum Gasteiger partial charge on any atom is -0.381 e.